The monoisotopic (exact) mass is 290 g/mol. The van der Waals surface area contributed by atoms with E-state index in [1.54, 1.807) is 0 Å². The van der Waals surface area contributed by atoms with Crippen LogP contribution in [0.1, 0.15) is 78.1 Å². The fraction of sp³-hybridized carbons (Fsp3) is 1.00. The van der Waals surface area contributed by atoms with Crippen molar-refractivity contribution in [1.82, 2.24) is 0 Å². The molecular formula is C16H34S2. The summed E-state index contributed by atoms with van der Waals surface area (Å²) in [6.07, 6.45) is 14.5. The zero-order valence-corrected chi connectivity index (χ0v) is 14.3. The average molecular weight is 291 g/mol. The second-order valence-corrected chi connectivity index (χ2v) is 7.61. The van der Waals surface area contributed by atoms with Gasteiger partial charge in [-0.25, -0.2) is 0 Å². The predicted octanol–water partition coefficient (Wildman–Crippen LogP) is 6.39. The lowest BCUT2D eigenvalue weighted by atomic mass is 10.1. The molecule has 0 spiro atoms. The first-order valence-corrected chi connectivity index (χ1v) is 10.4. The maximum atomic E-state index is 2.29. The Hall–Kier alpha value is 0.700. The topological polar surface area (TPSA) is 0 Å². The molecule has 0 unspecified atom stereocenters. The third-order valence-corrected chi connectivity index (χ3v) is 5.45. The van der Waals surface area contributed by atoms with Gasteiger partial charge in [-0.2, -0.15) is 23.5 Å². The minimum absolute atomic E-state index is 1.28. The smallest absolute Gasteiger partial charge is 0.00235 e. The van der Waals surface area contributed by atoms with Gasteiger partial charge in [0.05, 0.1) is 0 Å². The highest BCUT2D eigenvalue weighted by atomic mass is 32.2. The van der Waals surface area contributed by atoms with Gasteiger partial charge in [-0.1, -0.05) is 71.6 Å². The third-order valence-electron chi connectivity index (χ3n) is 3.22. The molecule has 0 aromatic heterocycles. The van der Waals surface area contributed by atoms with Crippen molar-refractivity contribution in [2.24, 2.45) is 0 Å². The van der Waals surface area contributed by atoms with Gasteiger partial charge >= 0.3 is 0 Å². The van der Waals surface area contributed by atoms with Crippen molar-refractivity contribution < 1.29 is 0 Å². The maximum absolute atomic E-state index is 2.29. The van der Waals surface area contributed by atoms with Gasteiger partial charge in [0.15, 0.2) is 0 Å². The van der Waals surface area contributed by atoms with E-state index < -0.39 is 0 Å². The van der Waals surface area contributed by atoms with E-state index in [0.717, 1.165) is 0 Å². The number of thioether (sulfide) groups is 2. The molecule has 0 aliphatic carbocycles. The van der Waals surface area contributed by atoms with Gasteiger partial charge in [0.2, 0.25) is 0 Å². The lowest BCUT2D eigenvalue weighted by molar-refractivity contribution is 0.563. The first-order valence-electron chi connectivity index (χ1n) is 8.07. The largest absolute Gasteiger partial charge is 0.161 e. The quantitative estimate of drug-likeness (QED) is 0.320. The number of hydrogen-bond donors (Lipinski definition) is 0. The molecule has 0 aromatic carbocycles. The van der Waals surface area contributed by atoms with Crippen LogP contribution in [-0.4, -0.2) is 23.0 Å². The van der Waals surface area contributed by atoms with Crippen LogP contribution in [0.15, 0.2) is 0 Å². The normalized spacial score (nSPS) is 11.0. The molecule has 0 saturated carbocycles. The van der Waals surface area contributed by atoms with E-state index in [-0.39, 0.29) is 0 Å². The summed E-state index contributed by atoms with van der Waals surface area (Å²) in [5.74, 6) is 5.37. The minimum atomic E-state index is 1.28. The van der Waals surface area contributed by atoms with Crippen LogP contribution in [0, 0.1) is 0 Å². The highest BCUT2D eigenvalue weighted by Gasteiger charge is 1.93. The summed E-state index contributed by atoms with van der Waals surface area (Å²) in [6.45, 7) is 4.54. The van der Waals surface area contributed by atoms with E-state index in [1.807, 2.05) is 0 Å². The molecule has 0 aliphatic heterocycles. The molecule has 0 amide bonds. The van der Waals surface area contributed by atoms with Gasteiger partial charge < -0.3 is 0 Å². The standard InChI is InChI=1S/C16H34S2/c1-3-5-6-7-8-9-10-11-12-13-14-18-16-15-17-4-2/h3-16H2,1-2H3. The van der Waals surface area contributed by atoms with Crippen molar-refractivity contribution in [2.45, 2.75) is 78.1 Å². The molecule has 0 nitrogen and oxygen atoms in total. The summed E-state index contributed by atoms with van der Waals surface area (Å²) in [6, 6.07) is 0. The van der Waals surface area contributed by atoms with Crippen LogP contribution in [0.4, 0.5) is 0 Å². The van der Waals surface area contributed by atoms with Crippen molar-refractivity contribution in [3.8, 4) is 0 Å². The van der Waals surface area contributed by atoms with Crippen LogP contribution in [0.2, 0.25) is 0 Å². The molecule has 2 heteroatoms. The Morgan fingerprint density at radius 1 is 0.500 bits per heavy atom. The Morgan fingerprint density at radius 3 is 1.56 bits per heavy atom. The van der Waals surface area contributed by atoms with Crippen LogP contribution >= 0.6 is 23.5 Å². The molecule has 0 radical (unpaired) electrons. The van der Waals surface area contributed by atoms with Crippen molar-refractivity contribution in [3.05, 3.63) is 0 Å². The number of hydrogen-bond acceptors (Lipinski definition) is 2. The maximum Gasteiger partial charge on any atom is 0.00235 e. The Kier molecular flexibility index (Phi) is 18.4. The first-order chi connectivity index (χ1) is 8.91. The Bertz CT molecular complexity index is 121. The van der Waals surface area contributed by atoms with Gasteiger partial charge in [-0.05, 0) is 17.9 Å². The number of rotatable bonds is 15. The molecule has 110 valence electrons. The van der Waals surface area contributed by atoms with Crippen molar-refractivity contribution >= 4 is 23.5 Å². The highest BCUT2D eigenvalue weighted by molar-refractivity contribution is 8.02. The molecule has 0 N–H and O–H groups in total. The average Bonchev–Trinajstić information content (AvgIpc) is 2.39. The van der Waals surface area contributed by atoms with Gasteiger partial charge in [-0.15, -0.1) is 0 Å². The van der Waals surface area contributed by atoms with Gasteiger partial charge in [0.1, 0.15) is 0 Å². The van der Waals surface area contributed by atoms with E-state index in [4.69, 9.17) is 0 Å². The molecule has 0 aromatic rings. The van der Waals surface area contributed by atoms with Crippen LogP contribution < -0.4 is 0 Å². The van der Waals surface area contributed by atoms with Crippen LogP contribution in [0.25, 0.3) is 0 Å². The summed E-state index contributed by atoms with van der Waals surface area (Å²) in [5.41, 5.74) is 0. The molecule has 0 heterocycles. The Morgan fingerprint density at radius 2 is 1.00 bits per heavy atom. The predicted molar refractivity (Wildman–Crippen MR) is 92.2 cm³/mol. The van der Waals surface area contributed by atoms with Crippen LogP contribution in [0.5, 0.6) is 0 Å². The van der Waals surface area contributed by atoms with Gasteiger partial charge in [0.25, 0.3) is 0 Å². The highest BCUT2D eigenvalue weighted by Crippen LogP contribution is 2.13. The van der Waals surface area contributed by atoms with E-state index in [2.05, 4.69) is 37.4 Å². The SMILES string of the molecule is CCCCCCCCCCCCSCCSCC. The van der Waals surface area contributed by atoms with E-state index in [0.29, 0.717) is 0 Å². The minimum Gasteiger partial charge on any atom is -0.161 e. The van der Waals surface area contributed by atoms with Gasteiger partial charge in [-0.3, -0.25) is 0 Å². The molecule has 0 bridgehead atoms. The molecule has 0 rings (SSSR count). The second kappa shape index (κ2) is 17.7. The van der Waals surface area contributed by atoms with Gasteiger partial charge in [0, 0.05) is 11.5 Å². The fourth-order valence-corrected chi connectivity index (χ4v) is 3.90. The molecule has 18 heavy (non-hydrogen) atoms. The van der Waals surface area contributed by atoms with Crippen molar-refractivity contribution in [3.63, 3.8) is 0 Å². The Labute approximate surface area is 124 Å². The lowest BCUT2D eigenvalue weighted by Gasteiger charge is -2.03. The molecular weight excluding hydrogens is 256 g/mol. The molecule has 0 saturated heterocycles. The van der Waals surface area contributed by atoms with Crippen LogP contribution in [0.3, 0.4) is 0 Å². The van der Waals surface area contributed by atoms with E-state index >= 15 is 0 Å². The summed E-state index contributed by atoms with van der Waals surface area (Å²) in [4.78, 5) is 0. The van der Waals surface area contributed by atoms with Crippen molar-refractivity contribution in [2.75, 3.05) is 23.0 Å². The van der Waals surface area contributed by atoms with Crippen molar-refractivity contribution in [1.29, 1.82) is 0 Å². The van der Waals surface area contributed by atoms with E-state index in [9.17, 15) is 0 Å². The number of unbranched alkanes of at least 4 members (excludes halogenated alkanes) is 9. The molecule has 0 aliphatic rings. The summed E-state index contributed by atoms with van der Waals surface area (Å²) < 4.78 is 0. The lowest BCUT2D eigenvalue weighted by Crippen LogP contribution is -1.88. The zero-order valence-electron chi connectivity index (χ0n) is 12.7. The van der Waals surface area contributed by atoms with E-state index in [1.165, 1.54) is 87.2 Å². The molecule has 0 atom stereocenters. The summed E-state index contributed by atoms with van der Waals surface area (Å²) in [5, 5.41) is 0. The second-order valence-electron chi connectivity index (χ2n) is 4.99. The first kappa shape index (κ1) is 18.7. The summed E-state index contributed by atoms with van der Waals surface area (Å²) >= 11 is 4.22. The molecule has 0 fully saturated rings. The fourth-order valence-electron chi connectivity index (χ4n) is 2.06. The Balaban J connectivity index is 2.86. The third kappa shape index (κ3) is 16.7. The zero-order chi connectivity index (χ0) is 13.3. The summed E-state index contributed by atoms with van der Waals surface area (Å²) in [7, 11) is 0. The van der Waals surface area contributed by atoms with Crippen LogP contribution in [-0.2, 0) is 0 Å².